The number of hydrogen-bond donors (Lipinski definition) is 1. The van der Waals surface area contributed by atoms with E-state index < -0.39 is 0 Å². The fourth-order valence-corrected chi connectivity index (χ4v) is 6.19. The molecule has 0 spiro atoms. The maximum absolute atomic E-state index is 12.7. The predicted octanol–water partition coefficient (Wildman–Crippen LogP) is 5.68. The summed E-state index contributed by atoms with van der Waals surface area (Å²) >= 11 is 2.89. The summed E-state index contributed by atoms with van der Waals surface area (Å²) in [7, 11) is 0. The molecule has 178 valence electrons. The van der Waals surface area contributed by atoms with Gasteiger partial charge in [0, 0.05) is 11.4 Å². The molecule has 1 aromatic carbocycles. The molecule has 3 aromatic rings. The average Bonchev–Trinajstić information content (AvgIpc) is 3.31. The number of thiophene rings is 1. The van der Waals surface area contributed by atoms with Crippen LogP contribution in [0.2, 0.25) is 0 Å². The summed E-state index contributed by atoms with van der Waals surface area (Å²) in [6, 6.07) is 10.2. The molecule has 1 amide bonds. The Balaban J connectivity index is 1.40. The van der Waals surface area contributed by atoms with E-state index >= 15 is 0 Å². The second-order valence-electron chi connectivity index (χ2n) is 8.38. The van der Waals surface area contributed by atoms with Crippen LogP contribution in [-0.2, 0) is 24.2 Å². The van der Waals surface area contributed by atoms with E-state index in [-0.39, 0.29) is 17.8 Å². The van der Waals surface area contributed by atoms with Crippen LogP contribution in [0.4, 0.5) is 5.00 Å². The topological polar surface area (TPSA) is 92.8 Å². The first-order valence-electron chi connectivity index (χ1n) is 11.6. The van der Waals surface area contributed by atoms with Crippen molar-refractivity contribution in [1.82, 2.24) is 14.8 Å². The fraction of sp³-hybridized carbons (Fsp3) is 0.440. The van der Waals surface area contributed by atoms with Crippen LogP contribution in [-0.4, -0.2) is 26.4 Å². The average molecular weight is 496 g/mol. The molecule has 7 nitrogen and oxygen atoms in total. The number of nitrogens with zero attached hydrogens (tertiary/aromatic N) is 4. The number of nitriles is 1. The van der Waals surface area contributed by atoms with Gasteiger partial charge in [-0.25, -0.2) is 0 Å². The Hall–Kier alpha value is -2.83. The zero-order chi connectivity index (χ0) is 24.1. The van der Waals surface area contributed by atoms with Crippen molar-refractivity contribution in [2.45, 2.75) is 70.7 Å². The number of hydrogen-bond acceptors (Lipinski definition) is 7. The monoisotopic (exact) mass is 495 g/mol. The molecule has 0 radical (unpaired) electrons. The highest BCUT2D eigenvalue weighted by molar-refractivity contribution is 7.99. The molecule has 9 heteroatoms. The number of fused-ring (bicyclic) bond motifs is 1. The molecule has 1 N–H and O–H groups in total. The molecular formula is C25H29N5O2S2. The molecule has 0 saturated heterocycles. The van der Waals surface area contributed by atoms with Crippen molar-refractivity contribution in [1.29, 1.82) is 5.26 Å². The van der Waals surface area contributed by atoms with Crippen molar-refractivity contribution in [2.24, 2.45) is 0 Å². The lowest BCUT2D eigenvalue weighted by atomic mass is 10.1. The fourth-order valence-electron chi connectivity index (χ4n) is 4.12. The summed E-state index contributed by atoms with van der Waals surface area (Å²) in [6.45, 7) is 6.68. The number of anilines is 1. The van der Waals surface area contributed by atoms with Gasteiger partial charge in [-0.3, -0.25) is 4.79 Å². The quantitative estimate of drug-likeness (QED) is 0.319. The first kappa shape index (κ1) is 24.3. The van der Waals surface area contributed by atoms with Crippen molar-refractivity contribution in [3.05, 3.63) is 51.7 Å². The Kier molecular flexibility index (Phi) is 7.91. The third kappa shape index (κ3) is 5.45. The van der Waals surface area contributed by atoms with Gasteiger partial charge in [-0.05, 0) is 64.2 Å². The lowest BCUT2D eigenvalue weighted by molar-refractivity contribution is -0.113. The number of aryl methyl sites for hydroxylation is 2. The summed E-state index contributed by atoms with van der Waals surface area (Å²) in [5.74, 6) is 1.55. The molecule has 0 bridgehead atoms. The minimum Gasteiger partial charge on any atom is -0.483 e. The van der Waals surface area contributed by atoms with Gasteiger partial charge in [0.1, 0.15) is 16.8 Å². The molecular weight excluding hydrogens is 466 g/mol. The third-order valence-electron chi connectivity index (χ3n) is 5.88. The Morgan fingerprint density at radius 3 is 2.76 bits per heavy atom. The number of rotatable bonds is 8. The van der Waals surface area contributed by atoms with E-state index in [9.17, 15) is 10.1 Å². The number of thioether (sulfide) groups is 1. The molecule has 34 heavy (non-hydrogen) atoms. The Morgan fingerprint density at radius 1 is 1.26 bits per heavy atom. The maximum Gasteiger partial charge on any atom is 0.235 e. The molecule has 1 atom stereocenters. The standard InChI is InChI=1S/C25H29N5O2S2/c1-4-30-23(17(3)32-18-12-10-16(2)11-13-18)28-29-25(30)33-15-22(31)27-24-20(14-26)19-8-6-5-7-9-21(19)34-24/h10-13,17H,4-9,15H2,1-3H3,(H,27,31). The normalized spacial score (nSPS) is 14.1. The molecule has 0 saturated carbocycles. The van der Waals surface area contributed by atoms with Crippen LogP contribution in [0.5, 0.6) is 5.75 Å². The molecule has 0 aliphatic heterocycles. The van der Waals surface area contributed by atoms with E-state index in [1.54, 1.807) is 11.3 Å². The summed E-state index contributed by atoms with van der Waals surface area (Å²) < 4.78 is 8.03. The summed E-state index contributed by atoms with van der Waals surface area (Å²) in [4.78, 5) is 14.0. The Bertz CT molecular complexity index is 1190. The number of amides is 1. The van der Waals surface area contributed by atoms with Gasteiger partial charge in [-0.15, -0.1) is 21.5 Å². The highest BCUT2D eigenvalue weighted by Gasteiger charge is 2.22. The van der Waals surface area contributed by atoms with Gasteiger partial charge >= 0.3 is 0 Å². The number of carbonyl (C=O) groups excluding carboxylic acids is 1. The number of ether oxygens (including phenoxy) is 1. The summed E-state index contributed by atoms with van der Waals surface area (Å²) in [5.41, 5.74) is 2.95. The van der Waals surface area contributed by atoms with Crippen molar-refractivity contribution in [3.8, 4) is 11.8 Å². The lowest BCUT2D eigenvalue weighted by Gasteiger charge is -2.15. The van der Waals surface area contributed by atoms with E-state index in [1.165, 1.54) is 28.6 Å². The van der Waals surface area contributed by atoms with Crippen LogP contribution in [0.25, 0.3) is 0 Å². The van der Waals surface area contributed by atoms with Gasteiger partial charge < -0.3 is 14.6 Å². The van der Waals surface area contributed by atoms with E-state index in [4.69, 9.17) is 4.74 Å². The minimum absolute atomic E-state index is 0.144. The van der Waals surface area contributed by atoms with Crippen molar-refractivity contribution in [2.75, 3.05) is 11.1 Å². The Morgan fingerprint density at radius 2 is 2.03 bits per heavy atom. The molecule has 2 aromatic heterocycles. The van der Waals surface area contributed by atoms with E-state index in [2.05, 4.69) is 21.6 Å². The van der Waals surface area contributed by atoms with Crippen molar-refractivity contribution >= 4 is 34.0 Å². The summed E-state index contributed by atoms with van der Waals surface area (Å²) in [6.07, 6.45) is 5.07. The lowest BCUT2D eigenvalue weighted by Crippen LogP contribution is -2.15. The molecule has 4 rings (SSSR count). The number of carbonyl (C=O) groups is 1. The minimum atomic E-state index is -0.280. The number of nitrogens with one attached hydrogen (secondary N) is 1. The highest BCUT2D eigenvalue weighted by Crippen LogP contribution is 2.37. The second-order valence-corrected chi connectivity index (χ2v) is 10.4. The van der Waals surface area contributed by atoms with Crippen LogP contribution in [0, 0.1) is 18.3 Å². The predicted molar refractivity (Wildman–Crippen MR) is 136 cm³/mol. The van der Waals surface area contributed by atoms with E-state index in [0.29, 0.717) is 22.3 Å². The smallest absolute Gasteiger partial charge is 0.235 e. The van der Waals surface area contributed by atoms with Crippen LogP contribution < -0.4 is 10.1 Å². The van der Waals surface area contributed by atoms with Crippen LogP contribution >= 0.6 is 23.1 Å². The van der Waals surface area contributed by atoms with Gasteiger partial charge in [0.05, 0.1) is 11.3 Å². The van der Waals surface area contributed by atoms with E-state index in [1.807, 2.05) is 49.6 Å². The first-order chi connectivity index (χ1) is 16.5. The third-order valence-corrected chi connectivity index (χ3v) is 8.05. The molecule has 1 aliphatic rings. The van der Waals surface area contributed by atoms with Crippen LogP contribution in [0.3, 0.4) is 0 Å². The first-order valence-corrected chi connectivity index (χ1v) is 13.4. The van der Waals surface area contributed by atoms with E-state index in [0.717, 1.165) is 42.8 Å². The van der Waals surface area contributed by atoms with Crippen LogP contribution in [0.15, 0.2) is 29.4 Å². The van der Waals surface area contributed by atoms with Gasteiger partial charge in [0.15, 0.2) is 17.1 Å². The zero-order valence-corrected chi connectivity index (χ0v) is 21.4. The van der Waals surface area contributed by atoms with Crippen molar-refractivity contribution < 1.29 is 9.53 Å². The molecule has 2 heterocycles. The molecule has 0 fully saturated rings. The van der Waals surface area contributed by atoms with Crippen LogP contribution in [0.1, 0.15) is 66.6 Å². The largest absolute Gasteiger partial charge is 0.483 e. The SMILES string of the molecule is CCn1c(SCC(=O)Nc2sc3c(c2C#N)CCCCC3)nnc1C(C)Oc1ccc(C)cc1. The van der Waals surface area contributed by atoms with Gasteiger partial charge in [0.2, 0.25) is 5.91 Å². The molecule has 1 aliphatic carbocycles. The van der Waals surface area contributed by atoms with Gasteiger partial charge in [0.25, 0.3) is 0 Å². The number of aromatic nitrogens is 3. The van der Waals surface area contributed by atoms with Gasteiger partial charge in [-0.1, -0.05) is 35.9 Å². The Labute approximate surface area is 208 Å². The number of benzene rings is 1. The second kappa shape index (κ2) is 11.1. The highest BCUT2D eigenvalue weighted by atomic mass is 32.2. The molecule has 1 unspecified atom stereocenters. The zero-order valence-electron chi connectivity index (χ0n) is 19.8. The maximum atomic E-state index is 12.7. The van der Waals surface area contributed by atoms with Crippen molar-refractivity contribution in [3.63, 3.8) is 0 Å². The van der Waals surface area contributed by atoms with Gasteiger partial charge in [-0.2, -0.15) is 5.26 Å². The summed E-state index contributed by atoms with van der Waals surface area (Å²) in [5, 5.41) is 22.6.